The van der Waals surface area contributed by atoms with E-state index < -0.39 is 0 Å². The molecular formula is C20H22FN3O. The van der Waals surface area contributed by atoms with Crippen LogP contribution in [0.3, 0.4) is 0 Å². The fourth-order valence-electron chi connectivity index (χ4n) is 2.92. The molecule has 0 aliphatic carbocycles. The molecule has 0 saturated carbocycles. The molecule has 2 aromatic heterocycles. The molecule has 3 aromatic rings. The lowest BCUT2D eigenvalue weighted by molar-refractivity contribution is -0.121. The summed E-state index contributed by atoms with van der Waals surface area (Å²) < 4.78 is 15.0. The molecule has 0 spiro atoms. The molecule has 1 N–H and O–H groups in total. The molecule has 25 heavy (non-hydrogen) atoms. The van der Waals surface area contributed by atoms with Crippen molar-refractivity contribution in [3.63, 3.8) is 0 Å². The van der Waals surface area contributed by atoms with Crippen molar-refractivity contribution in [1.82, 2.24) is 14.7 Å². The van der Waals surface area contributed by atoms with E-state index in [0.29, 0.717) is 13.0 Å². The van der Waals surface area contributed by atoms with Crippen molar-refractivity contribution in [2.75, 3.05) is 6.54 Å². The number of nitrogens with zero attached hydrogens (tertiary/aromatic N) is 2. The third kappa shape index (κ3) is 4.44. The average Bonchev–Trinajstić information content (AvgIpc) is 3.02. The highest BCUT2D eigenvalue weighted by Crippen LogP contribution is 2.19. The maximum Gasteiger partial charge on any atom is 0.220 e. The largest absolute Gasteiger partial charge is 0.356 e. The van der Waals surface area contributed by atoms with E-state index in [1.165, 1.54) is 12.1 Å². The zero-order valence-corrected chi connectivity index (χ0v) is 14.3. The van der Waals surface area contributed by atoms with Crippen molar-refractivity contribution in [1.29, 1.82) is 0 Å². The van der Waals surface area contributed by atoms with Crippen LogP contribution in [0, 0.1) is 5.82 Å². The Kier molecular flexibility index (Phi) is 5.43. The minimum Gasteiger partial charge on any atom is -0.356 e. The molecule has 4 nitrogen and oxygen atoms in total. The van der Waals surface area contributed by atoms with E-state index in [1.54, 1.807) is 12.1 Å². The molecule has 3 rings (SSSR count). The molecule has 0 fully saturated rings. The fourth-order valence-corrected chi connectivity index (χ4v) is 2.92. The smallest absolute Gasteiger partial charge is 0.220 e. The van der Waals surface area contributed by atoms with E-state index >= 15 is 0 Å². The van der Waals surface area contributed by atoms with E-state index in [0.717, 1.165) is 29.7 Å². The zero-order chi connectivity index (χ0) is 17.6. The SMILES string of the molecule is CC(CC(=O)NCCCc1ncc2ccccn12)c1ccc(F)cc1. The van der Waals surface area contributed by atoms with Gasteiger partial charge in [0, 0.05) is 25.6 Å². The third-order valence-electron chi connectivity index (χ3n) is 4.35. The Labute approximate surface area is 146 Å². The van der Waals surface area contributed by atoms with Gasteiger partial charge in [-0.1, -0.05) is 25.1 Å². The van der Waals surface area contributed by atoms with Gasteiger partial charge in [-0.3, -0.25) is 4.79 Å². The monoisotopic (exact) mass is 339 g/mol. The molecule has 130 valence electrons. The van der Waals surface area contributed by atoms with Crippen LogP contribution in [0.4, 0.5) is 4.39 Å². The topological polar surface area (TPSA) is 46.4 Å². The highest BCUT2D eigenvalue weighted by molar-refractivity contribution is 5.76. The van der Waals surface area contributed by atoms with Crippen molar-refractivity contribution in [3.05, 3.63) is 72.1 Å². The van der Waals surface area contributed by atoms with Crippen LogP contribution >= 0.6 is 0 Å². The summed E-state index contributed by atoms with van der Waals surface area (Å²) in [6, 6.07) is 12.3. The maximum absolute atomic E-state index is 12.9. The maximum atomic E-state index is 12.9. The van der Waals surface area contributed by atoms with E-state index in [9.17, 15) is 9.18 Å². The normalized spacial score (nSPS) is 12.2. The Balaban J connectivity index is 1.42. The van der Waals surface area contributed by atoms with Crippen LogP contribution < -0.4 is 5.32 Å². The molecule has 0 saturated heterocycles. The molecule has 0 aliphatic heterocycles. The average molecular weight is 339 g/mol. The van der Waals surface area contributed by atoms with Gasteiger partial charge in [0.05, 0.1) is 11.7 Å². The minimum absolute atomic E-state index is 0.0183. The Morgan fingerprint density at radius 1 is 1.24 bits per heavy atom. The number of fused-ring (bicyclic) bond motifs is 1. The van der Waals surface area contributed by atoms with E-state index in [4.69, 9.17) is 0 Å². The van der Waals surface area contributed by atoms with Crippen LogP contribution in [0.15, 0.2) is 54.9 Å². The van der Waals surface area contributed by atoms with Crippen LogP contribution in [0.25, 0.3) is 5.52 Å². The van der Waals surface area contributed by atoms with Crippen molar-refractivity contribution in [2.24, 2.45) is 0 Å². The van der Waals surface area contributed by atoms with Gasteiger partial charge >= 0.3 is 0 Å². The molecule has 1 amide bonds. The highest BCUT2D eigenvalue weighted by atomic mass is 19.1. The number of benzene rings is 1. The van der Waals surface area contributed by atoms with Gasteiger partial charge in [-0.05, 0) is 42.2 Å². The van der Waals surface area contributed by atoms with Gasteiger partial charge in [-0.25, -0.2) is 9.37 Å². The number of hydrogen-bond donors (Lipinski definition) is 1. The van der Waals surface area contributed by atoms with Gasteiger partial charge in [-0.2, -0.15) is 0 Å². The van der Waals surface area contributed by atoms with Crippen LogP contribution in [-0.4, -0.2) is 21.8 Å². The summed E-state index contributed by atoms with van der Waals surface area (Å²) in [5.74, 6) is 0.832. The van der Waals surface area contributed by atoms with Gasteiger partial charge in [-0.15, -0.1) is 0 Å². The first-order valence-corrected chi connectivity index (χ1v) is 8.56. The number of aromatic nitrogens is 2. The first-order chi connectivity index (χ1) is 12.1. The molecule has 2 heterocycles. The summed E-state index contributed by atoms with van der Waals surface area (Å²) in [6.45, 7) is 2.60. The number of halogens is 1. The Bertz CT molecular complexity index is 842. The molecule has 0 aliphatic rings. The van der Waals surface area contributed by atoms with Gasteiger partial charge < -0.3 is 9.72 Å². The van der Waals surface area contributed by atoms with Gasteiger partial charge in [0.1, 0.15) is 11.6 Å². The Morgan fingerprint density at radius 3 is 2.84 bits per heavy atom. The van der Waals surface area contributed by atoms with Gasteiger partial charge in [0.2, 0.25) is 5.91 Å². The third-order valence-corrected chi connectivity index (χ3v) is 4.35. The molecule has 1 atom stereocenters. The van der Waals surface area contributed by atoms with Crippen LogP contribution in [0.1, 0.15) is 37.1 Å². The number of aryl methyl sites for hydroxylation is 1. The quantitative estimate of drug-likeness (QED) is 0.667. The van der Waals surface area contributed by atoms with E-state index in [-0.39, 0.29) is 17.6 Å². The molecule has 1 aromatic carbocycles. The summed E-state index contributed by atoms with van der Waals surface area (Å²) in [5.41, 5.74) is 2.05. The number of nitrogens with one attached hydrogen (secondary N) is 1. The lowest BCUT2D eigenvalue weighted by Crippen LogP contribution is -2.26. The van der Waals surface area contributed by atoms with Crippen molar-refractivity contribution < 1.29 is 9.18 Å². The second-order valence-electron chi connectivity index (χ2n) is 6.28. The number of carbonyl (C=O) groups is 1. The summed E-state index contributed by atoms with van der Waals surface area (Å²) >= 11 is 0. The van der Waals surface area contributed by atoms with Crippen LogP contribution in [0.2, 0.25) is 0 Å². The van der Waals surface area contributed by atoms with Crippen LogP contribution in [-0.2, 0) is 11.2 Å². The zero-order valence-electron chi connectivity index (χ0n) is 14.3. The van der Waals surface area contributed by atoms with E-state index in [1.807, 2.05) is 37.5 Å². The van der Waals surface area contributed by atoms with Gasteiger partial charge in [0.15, 0.2) is 0 Å². The molecule has 1 unspecified atom stereocenters. The number of hydrogen-bond acceptors (Lipinski definition) is 2. The standard InChI is InChI=1S/C20H22FN3O/c1-15(16-7-9-17(21)10-8-16)13-20(25)22-11-4-6-19-23-14-18-5-2-3-12-24(18)19/h2-3,5,7-10,12,14-15H,4,6,11,13H2,1H3,(H,22,25). The van der Waals surface area contributed by atoms with Crippen molar-refractivity contribution in [3.8, 4) is 0 Å². The number of amides is 1. The Hall–Kier alpha value is -2.69. The summed E-state index contributed by atoms with van der Waals surface area (Å²) in [6.07, 6.45) is 5.91. The van der Waals surface area contributed by atoms with Gasteiger partial charge in [0.25, 0.3) is 0 Å². The summed E-state index contributed by atoms with van der Waals surface area (Å²) in [4.78, 5) is 16.5. The Morgan fingerprint density at radius 2 is 2.04 bits per heavy atom. The number of pyridine rings is 1. The molecule has 0 bridgehead atoms. The second kappa shape index (κ2) is 7.92. The minimum atomic E-state index is -0.257. The predicted molar refractivity (Wildman–Crippen MR) is 96.0 cm³/mol. The first-order valence-electron chi connectivity index (χ1n) is 8.56. The highest BCUT2D eigenvalue weighted by Gasteiger charge is 2.11. The molecule has 0 radical (unpaired) electrons. The van der Waals surface area contributed by atoms with Crippen molar-refractivity contribution >= 4 is 11.4 Å². The number of imidazole rings is 1. The predicted octanol–water partition coefficient (Wildman–Crippen LogP) is 3.72. The summed E-state index contributed by atoms with van der Waals surface area (Å²) in [7, 11) is 0. The van der Waals surface area contributed by atoms with E-state index in [2.05, 4.69) is 14.7 Å². The molecule has 5 heteroatoms. The molecular weight excluding hydrogens is 317 g/mol. The lowest BCUT2D eigenvalue weighted by atomic mass is 9.97. The summed E-state index contributed by atoms with van der Waals surface area (Å²) in [5, 5.41) is 2.96. The number of carbonyl (C=O) groups excluding carboxylic acids is 1. The second-order valence-corrected chi connectivity index (χ2v) is 6.28. The fraction of sp³-hybridized carbons (Fsp3) is 0.300. The first kappa shape index (κ1) is 17.1. The van der Waals surface area contributed by atoms with Crippen molar-refractivity contribution in [2.45, 2.75) is 32.1 Å². The lowest BCUT2D eigenvalue weighted by Gasteiger charge is -2.12. The van der Waals surface area contributed by atoms with Crippen LogP contribution in [0.5, 0.6) is 0 Å². The number of rotatable bonds is 7.